The van der Waals surface area contributed by atoms with Gasteiger partial charge in [0.2, 0.25) is 11.8 Å². The summed E-state index contributed by atoms with van der Waals surface area (Å²) in [5.74, 6) is 0.607. The van der Waals surface area contributed by atoms with Crippen LogP contribution < -0.4 is 15.5 Å². The summed E-state index contributed by atoms with van der Waals surface area (Å²) in [5.41, 5.74) is 2.10. The van der Waals surface area contributed by atoms with Gasteiger partial charge in [-0.25, -0.2) is 0 Å². The lowest BCUT2D eigenvalue weighted by atomic mass is 9.89. The quantitative estimate of drug-likeness (QED) is 0.809. The van der Waals surface area contributed by atoms with Crippen molar-refractivity contribution >= 4 is 17.5 Å². The Bertz CT molecular complexity index is 618. The molecule has 1 heterocycles. The number of benzene rings is 1. The van der Waals surface area contributed by atoms with Crippen LogP contribution in [0.1, 0.15) is 37.7 Å². The minimum Gasteiger partial charge on any atom is -0.360 e. The van der Waals surface area contributed by atoms with Crippen LogP contribution in [-0.4, -0.2) is 31.4 Å². The maximum Gasteiger partial charge on any atom is 0.243 e. The fraction of sp³-hybridized carbons (Fsp3) is 0.500. The van der Waals surface area contributed by atoms with Crippen LogP contribution in [0.2, 0.25) is 0 Å². The summed E-state index contributed by atoms with van der Waals surface area (Å²) in [6.07, 6.45) is 10.1. The largest absolute Gasteiger partial charge is 0.360 e. The van der Waals surface area contributed by atoms with Gasteiger partial charge in [0, 0.05) is 25.3 Å². The van der Waals surface area contributed by atoms with Crippen molar-refractivity contribution in [1.82, 2.24) is 10.6 Å². The predicted molar refractivity (Wildman–Crippen MR) is 99.2 cm³/mol. The lowest BCUT2D eigenvalue weighted by molar-refractivity contribution is -0.120. The molecule has 1 saturated heterocycles. The van der Waals surface area contributed by atoms with E-state index in [1.807, 2.05) is 24.3 Å². The molecule has 1 aliphatic heterocycles. The highest BCUT2D eigenvalue weighted by Gasteiger charge is 2.16. The molecule has 0 radical (unpaired) electrons. The number of nitrogens with zero attached hydrogens (tertiary/aromatic N) is 1. The van der Waals surface area contributed by atoms with Crippen LogP contribution in [-0.2, 0) is 16.1 Å². The van der Waals surface area contributed by atoms with Crippen molar-refractivity contribution in [2.24, 2.45) is 5.92 Å². The number of carbonyl (C=O) groups is 2. The minimum atomic E-state index is -0.0256. The number of hydrogen-bond acceptors (Lipinski definition) is 3. The van der Waals surface area contributed by atoms with Crippen LogP contribution in [0.25, 0.3) is 0 Å². The number of rotatable bonds is 5. The fourth-order valence-corrected chi connectivity index (χ4v) is 3.48. The van der Waals surface area contributed by atoms with Crippen LogP contribution in [0, 0.1) is 5.92 Å². The smallest absolute Gasteiger partial charge is 0.243 e. The summed E-state index contributed by atoms with van der Waals surface area (Å²) in [4.78, 5) is 25.5. The average Bonchev–Trinajstić information content (AvgIpc) is 2.66. The summed E-state index contributed by atoms with van der Waals surface area (Å²) in [7, 11) is 0. The zero-order valence-electron chi connectivity index (χ0n) is 14.7. The van der Waals surface area contributed by atoms with Gasteiger partial charge in [0.15, 0.2) is 0 Å². The van der Waals surface area contributed by atoms with Crippen molar-refractivity contribution in [2.45, 2.75) is 38.6 Å². The van der Waals surface area contributed by atoms with Crippen LogP contribution in [0.15, 0.2) is 36.4 Å². The van der Waals surface area contributed by atoms with Gasteiger partial charge in [0.25, 0.3) is 0 Å². The Morgan fingerprint density at radius 3 is 2.68 bits per heavy atom. The Labute approximate surface area is 149 Å². The van der Waals surface area contributed by atoms with E-state index in [2.05, 4.69) is 21.6 Å². The van der Waals surface area contributed by atoms with Crippen LogP contribution in [0.4, 0.5) is 5.69 Å². The van der Waals surface area contributed by atoms with Gasteiger partial charge in [0.1, 0.15) is 0 Å². The van der Waals surface area contributed by atoms with Gasteiger partial charge in [-0.3, -0.25) is 9.59 Å². The summed E-state index contributed by atoms with van der Waals surface area (Å²) < 4.78 is 0. The van der Waals surface area contributed by atoms with Crippen molar-refractivity contribution in [3.8, 4) is 0 Å². The standard InChI is InChI=1S/C20H27N3O2/c24-19(11-8-16-4-2-1-3-5-16)22-14-17-6-9-18(10-7-17)23-13-12-21-20(25)15-23/h6-11,16H,1-5,12-15H2,(H,21,25)(H,22,24)/b11-8-. The SMILES string of the molecule is O=C(/C=C\C1CCCCC1)NCc1ccc(N2CCNC(=O)C2)cc1. The molecule has 3 rings (SSSR count). The first kappa shape index (κ1) is 17.5. The molecule has 0 unspecified atom stereocenters. The molecular weight excluding hydrogens is 314 g/mol. The van der Waals surface area contributed by atoms with E-state index in [1.54, 1.807) is 6.08 Å². The summed E-state index contributed by atoms with van der Waals surface area (Å²) in [6, 6.07) is 8.04. The maximum atomic E-state index is 12.0. The Hall–Kier alpha value is -2.30. The molecule has 2 amide bonds. The van der Waals surface area contributed by atoms with E-state index >= 15 is 0 Å². The first-order valence-electron chi connectivity index (χ1n) is 9.27. The molecule has 2 aliphatic rings. The predicted octanol–water partition coefficient (Wildman–Crippen LogP) is 2.38. The number of anilines is 1. The second-order valence-electron chi connectivity index (χ2n) is 6.91. The molecule has 5 nitrogen and oxygen atoms in total. The molecule has 0 bridgehead atoms. The first-order chi connectivity index (χ1) is 12.2. The molecule has 1 aromatic rings. The zero-order chi connectivity index (χ0) is 17.5. The molecule has 2 N–H and O–H groups in total. The molecule has 0 atom stereocenters. The van der Waals surface area contributed by atoms with Gasteiger partial charge in [-0.1, -0.05) is 37.5 Å². The van der Waals surface area contributed by atoms with E-state index in [0.29, 0.717) is 25.6 Å². The zero-order valence-corrected chi connectivity index (χ0v) is 14.7. The third kappa shape index (κ3) is 5.34. The van der Waals surface area contributed by atoms with E-state index in [1.165, 1.54) is 32.1 Å². The van der Waals surface area contributed by atoms with Crippen molar-refractivity contribution in [3.63, 3.8) is 0 Å². The third-order valence-corrected chi connectivity index (χ3v) is 4.98. The van der Waals surface area contributed by atoms with E-state index in [0.717, 1.165) is 17.8 Å². The Balaban J connectivity index is 1.45. The van der Waals surface area contributed by atoms with E-state index in [-0.39, 0.29) is 11.8 Å². The highest BCUT2D eigenvalue weighted by molar-refractivity contribution is 5.87. The summed E-state index contributed by atoms with van der Waals surface area (Å²) >= 11 is 0. The molecule has 1 aromatic carbocycles. The first-order valence-corrected chi connectivity index (χ1v) is 9.27. The van der Waals surface area contributed by atoms with Gasteiger partial charge in [-0.2, -0.15) is 0 Å². The molecule has 0 spiro atoms. The normalized spacial score (nSPS) is 19.0. The molecule has 1 aliphatic carbocycles. The monoisotopic (exact) mass is 341 g/mol. The highest BCUT2D eigenvalue weighted by Crippen LogP contribution is 2.24. The number of allylic oxidation sites excluding steroid dienone is 1. The van der Waals surface area contributed by atoms with Crippen molar-refractivity contribution < 1.29 is 9.59 Å². The van der Waals surface area contributed by atoms with E-state index in [4.69, 9.17) is 0 Å². The molecule has 2 fully saturated rings. The average molecular weight is 341 g/mol. The second-order valence-corrected chi connectivity index (χ2v) is 6.91. The van der Waals surface area contributed by atoms with Gasteiger partial charge in [0.05, 0.1) is 6.54 Å². The summed E-state index contributed by atoms with van der Waals surface area (Å²) in [5, 5.41) is 5.77. The maximum absolute atomic E-state index is 12.0. The molecule has 5 heteroatoms. The fourth-order valence-electron chi connectivity index (χ4n) is 3.48. The number of carbonyl (C=O) groups excluding carboxylic acids is 2. The van der Waals surface area contributed by atoms with E-state index in [9.17, 15) is 9.59 Å². The molecule has 25 heavy (non-hydrogen) atoms. The lowest BCUT2D eigenvalue weighted by Gasteiger charge is -2.28. The Morgan fingerprint density at radius 2 is 1.96 bits per heavy atom. The Kier molecular flexibility index (Phi) is 6.09. The molecule has 0 aromatic heterocycles. The van der Waals surface area contributed by atoms with Gasteiger partial charge in [-0.15, -0.1) is 0 Å². The third-order valence-electron chi connectivity index (χ3n) is 4.98. The van der Waals surface area contributed by atoms with Crippen molar-refractivity contribution in [1.29, 1.82) is 0 Å². The number of piperazine rings is 1. The number of amides is 2. The Morgan fingerprint density at radius 1 is 1.20 bits per heavy atom. The van der Waals surface area contributed by atoms with Gasteiger partial charge in [-0.05, 0) is 42.5 Å². The molecule has 134 valence electrons. The minimum absolute atomic E-state index is 0.0256. The van der Waals surface area contributed by atoms with E-state index < -0.39 is 0 Å². The summed E-state index contributed by atoms with van der Waals surface area (Å²) in [6.45, 7) is 2.44. The molecular formula is C20H27N3O2. The van der Waals surface area contributed by atoms with Crippen molar-refractivity contribution in [2.75, 3.05) is 24.5 Å². The number of hydrogen-bond donors (Lipinski definition) is 2. The molecule has 1 saturated carbocycles. The van der Waals surface area contributed by atoms with Crippen LogP contribution in [0.3, 0.4) is 0 Å². The van der Waals surface area contributed by atoms with Crippen molar-refractivity contribution in [3.05, 3.63) is 42.0 Å². The second kappa shape index (κ2) is 8.70. The topological polar surface area (TPSA) is 61.4 Å². The van der Waals surface area contributed by atoms with Gasteiger partial charge >= 0.3 is 0 Å². The highest BCUT2D eigenvalue weighted by atomic mass is 16.2. The van der Waals surface area contributed by atoms with Crippen LogP contribution in [0.5, 0.6) is 0 Å². The van der Waals surface area contributed by atoms with Crippen LogP contribution >= 0.6 is 0 Å². The lowest BCUT2D eigenvalue weighted by Crippen LogP contribution is -2.47. The van der Waals surface area contributed by atoms with Gasteiger partial charge < -0.3 is 15.5 Å². The number of nitrogens with one attached hydrogen (secondary N) is 2.